The van der Waals surface area contributed by atoms with Gasteiger partial charge in [0.25, 0.3) is 0 Å². The molecule has 0 saturated carbocycles. The van der Waals surface area contributed by atoms with Gasteiger partial charge in [-0.05, 0) is 0 Å². The Labute approximate surface area is 155 Å². The van der Waals surface area contributed by atoms with E-state index < -0.39 is 15.6 Å². The van der Waals surface area contributed by atoms with E-state index in [-0.39, 0.29) is 104 Å². The second-order valence-corrected chi connectivity index (χ2v) is 2.68. The average Bonchev–Trinajstić information content (AvgIpc) is 1.12. The molecule has 0 aromatic rings. The van der Waals surface area contributed by atoms with Gasteiger partial charge in [0.2, 0.25) is 0 Å². The van der Waals surface area contributed by atoms with Gasteiger partial charge in [0, 0.05) is 0 Å². The smallest absolute Gasteiger partial charge is 0.822 e. The van der Waals surface area contributed by atoms with Crippen molar-refractivity contribution in [2.75, 3.05) is 0 Å². The molecule has 8 nitrogen and oxygen atoms in total. The summed E-state index contributed by atoms with van der Waals surface area (Å²) >= 11 is 0. The molecule has 0 aliphatic rings. The minimum atomic E-state index is -5.39. The maximum Gasteiger partial charge on any atom is 1.00 e. The Morgan fingerprint density at radius 1 is 0.667 bits per heavy atom. The van der Waals surface area contributed by atoms with E-state index in [0.717, 1.165) is 0 Å². The summed E-state index contributed by atoms with van der Waals surface area (Å²) in [4.78, 5) is 51.3. The van der Waals surface area contributed by atoms with Crippen molar-refractivity contribution in [3.8, 4) is 0 Å². The maximum atomic E-state index is 8.55. The molecule has 0 amide bonds. The molecular weight excluding hydrogens is 268 g/mol. The Hall–Kier alpha value is 3.49. The molecular formula is HK2O8P2-3. The fourth-order valence-electron chi connectivity index (χ4n) is 0. The van der Waals surface area contributed by atoms with Crippen LogP contribution < -0.4 is 132 Å². The van der Waals surface area contributed by atoms with E-state index >= 15 is 0 Å². The predicted octanol–water partition coefficient (Wildman–Crippen LogP) is -11.5. The molecule has 12 heavy (non-hydrogen) atoms. The first-order valence-corrected chi connectivity index (χ1v) is 4.38. The Kier molecular flexibility index (Phi) is 22.6. The Morgan fingerprint density at radius 3 is 0.667 bits per heavy atom. The largest absolute Gasteiger partial charge is 1.00 e. The molecule has 64 valence electrons. The molecule has 0 N–H and O–H groups in total. The van der Waals surface area contributed by atoms with Crippen molar-refractivity contribution >= 4 is 15.6 Å². The molecule has 0 atom stereocenters. The van der Waals surface area contributed by atoms with Gasteiger partial charge in [-0.2, -0.15) is 15.6 Å². The van der Waals surface area contributed by atoms with Crippen molar-refractivity contribution in [3.63, 3.8) is 0 Å². The summed E-state index contributed by atoms with van der Waals surface area (Å²) in [6.07, 6.45) is 0. The predicted molar refractivity (Wildman–Crippen MR) is 16.3 cm³/mol. The van der Waals surface area contributed by atoms with Crippen LogP contribution in [0.5, 0.6) is 0 Å². The Balaban J connectivity index is -0.0000000267. The monoisotopic (exact) mass is 269 g/mol. The molecule has 0 heterocycles. The number of rotatable bonds is 0. The van der Waals surface area contributed by atoms with Gasteiger partial charge in [-0.1, -0.05) is 0 Å². The molecule has 0 saturated heterocycles. The SMILES string of the molecule is O=P([O-])([O-])[O-].O=P([O-])([O-])[O-].[H+].[K+].[K+]. The summed E-state index contributed by atoms with van der Waals surface area (Å²) in [6.45, 7) is 0. The molecule has 0 bridgehead atoms. The van der Waals surface area contributed by atoms with Gasteiger partial charge in [0.05, 0.1) is 0 Å². The van der Waals surface area contributed by atoms with Gasteiger partial charge >= 0.3 is 104 Å². The summed E-state index contributed by atoms with van der Waals surface area (Å²) < 4.78 is 17.1. The minimum Gasteiger partial charge on any atom is -0.822 e. The van der Waals surface area contributed by atoms with Crippen LogP contribution in [0.25, 0.3) is 0 Å². The van der Waals surface area contributed by atoms with Crippen LogP contribution >= 0.6 is 15.6 Å². The summed E-state index contributed by atoms with van der Waals surface area (Å²) in [6, 6.07) is 0. The summed E-state index contributed by atoms with van der Waals surface area (Å²) in [7, 11) is -10.8. The van der Waals surface area contributed by atoms with Crippen LogP contribution in [0.2, 0.25) is 0 Å². The third-order valence-corrected chi connectivity index (χ3v) is 0. The first kappa shape index (κ1) is 24.6. The van der Waals surface area contributed by atoms with Gasteiger partial charge < -0.3 is 38.5 Å². The van der Waals surface area contributed by atoms with Crippen molar-refractivity contribution in [1.29, 1.82) is 0 Å². The van der Waals surface area contributed by atoms with Crippen LogP contribution in [0.15, 0.2) is 0 Å². The molecule has 0 aliphatic heterocycles. The van der Waals surface area contributed by atoms with Gasteiger partial charge in [-0.15, -0.1) is 0 Å². The number of phosphoric acid groups is 2. The fraction of sp³-hybridized carbons (Fsp3) is 0. The van der Waals surface area contributed by atoms with Crippen LogP contribution in [0, 0.1) is 0 Å². The topological polar surface area (TPSA) is 172 Å². The zero-order valence-electron chi connectivity index (χ0n) is 7.16. The van der Waals surface area contributed by atoms with E-state index in [2.05, 4.69) is 0 Å². The summed E-state index contributed by atoms with van der Waals surface area (Å²) in [5, 5.41) is 0. The fourth-order valence-corrected chi connectivity index (χ4v) is 0. The van der Waals surface area contributed by atoms with Crippen molar-refractivity contribution in [1.82, 2.24) is 0 Å². The molecule has 0 fully saturated rings. The molecule has 0 radical (unpaired) electrons. The summed E-state index contributed by atoms with van der Waals surface area (Å²) in [5.41, 5.74) is 0. The first-order chi connectivity index (χ1) is 4.00. The Bertz CT molecular complexity index is 132. The standard InChI is InChI=1S/2K.2H3O4P/c;;2*1-5(2,3)4/h;;2*(H3,1,2,3,4)/q2*+1;;/p-5. The molecule has 0 unspecified atom stereocenters. The second kappa shape index (κ2) is 11.0. The normalized spacial score (nSPS) is 9.83. The van der Waals surface area contributed by atoms with Crippen molar-refractivity contribution in [3.05, 3.63) is 0 Å². The zero-order valence-corrected chi connectivity index (χ0v) is 14.2. The maximum absolute atomic E-state index is 8.55. The van der Waals surface area contributed by atoms with Crippen molar-refractivity contribution in [2.45, 2.75) is 0 Å². The van der Waals surface area contributed by atoms with E-state index in [1.807, 2.05) is 0 Å². The average molecular weight is 269 g/mol. The van der Waals surface area contributed by atoms with Crippen LogP contribution in [-0.4, -0.2) is 0 Å². The second-order valence-electron chi connectivity index (χ2n) is 0.894. The third-order valence-electron chi connectivity index (χ3n) is 0. The van der Waals surface area contributed by atoms with E-state index in [9.17, 15) is 0 Å². The van der Waals surface area contributed by atoms with E-state index in [4.69, 9.17) is 38.5 Å². The van der Waals surface area contributed by atoms with Gasteiger partial charge in [0.15, 0.2) is 0 Å². The van der Waals surface area contributed by atoms with E-state index in [0.29, 0.717) is 0 Å². The van der Waals surface area contributed by atoms with Gasteiger partial charge in [0.1, 0.15) is 0 Å². The Morgan fingerprint density at radius 2 is 0.667 bits per heavy atom. The number of hydrogen-bond donors (Lipinski definition) is 0. The molecule has 0 spiro atoms. The summed E-state index contributed by atoms with van der Waals surface area (Å²) in [5.74, 6) is 0. The van der Waals surface area contributed by atoms with Crippen LogP contribution in [0.4, 0.5) is 0 Å². The quantitative estimate of drug-likeness (QED) is 0.307. The van der Waals surface area contributed by atoms with Gasteiger partial charge in [-0.25, -0.2) is 0 Å². The molecule has 12 heteroatoms. The van der Waals surface area contributed by atoms with Crippen molar-refractivity contribution in [2.24, 2.45) is 0 Å². The zero-order chi connectivity index (χ0) is 9.00. The number of hydrogen-bond acceptors (Lipinski definition) is 8. The van der Waals surface area contributed by atoms with Crippen molar-refractivity contribution < 1.29 is 143 Å². The molecule has 0 rings (SSSR count). The molecule has 0 aromatic heterocycles. The van der Waals surface area contributed by atoms with Crippen LogP contribution in [0.3, 0.4) is 0 Å². The molecule has 0 aliphatic carbocycles. The third kappa shape index (κ3) is 173. The van der Waals surface area contributed by atoms with E-state index in [1.54, 1.807) is 0 Å². The van der Waals surface area contributed by atoms with Crippen LogP contribution in [0.1, 0.15) is 1.43 Å². The van der Waals surface area contributed by atoms with E-state index in [1.165, 1.54) is 0 Å². The molecule has 0 aromatic carbocycles. The minimum absolute atomic E-state index is 0. The first-order valence-electron chi connectivity index (χ1n) is 1.46. The van der Waals surface area contributed by atoms with Gasteiger partial charge in [-0.3, -0.25) is 0 Å². The van der Waals surface area contributed by atoms with Crippen LogP contribution in [-0.2, 0) is 9.13 Å².